The minimum atomic E-state index is -0.567. The van der Waals surface area contributed by atoms with Crippen molar-refractivity contribution in [2.75, 3.05) is 0 Å². The monoisotopic (exact) mass is 410 g/mol. The van der Waals surface area contributed by atoms with Crippen LogP contribution in [-0.4, -0.2) is 9.91 Å². The van der Waals surface area contributed by atoms with Crippen molar-refractivity contribution in [3.05, 3.63) is 59.7 Å². The summed E-state index contributed by atoms with van der Waals surface area (Å²) in [5, 5.41) is 11.9. The number of ether oxygens (including phenoxy) is 1. The van der Waals surface area contributed by atoms with E-state index in [1.165, 1.54) is 18.3 Å². The van der Waals surface area contributed by atoms with Crippen LogP contribution in [0.2, 0.25) is 15.2 Å². The molecule has 1 heterocycles. The predicted molar refractivity (Wildman–Crippen MR) is 84.4 cm³/mol. The first-order valence-corrected chi connectivity index (χ1v) is 7.38. The van der Waals surface area contributed by atoms with Crippen LogP contribution in [0.1, 0.15) is 5.56 Å². The highest BCUT2D eigenvalue weighted by Crippen LogP contribution is 2.36. The second-order valence-corrected chi connectivity index (χ2v) is 5.87. The predicted octanol–water partition coefficient (Wildman–Crippen LogP) is 5.29. The molecule has 110 valence electrons. The average Bonchev–Trinajstić information content (AvgIpc) is 2.41. The lowest BCUT2D eigenvalue weighted by Crippen LogP contribution is -2.01. The minimum absolute atomic E-state index is 0.0178. The third kappa shape index (κ3) is 3.77. The Kier molecular flexibility index (Phi) is 5.27. The number of hydrogen-bond acceptors (Lipinski definition) is 4. The van der Waals surface area contributed by atoms with Crippen molar-refractivity contribution in [2.24, 2.45) is 0 Å². The highest BCUT2D eigenvalue weighted by molar-refractivity contribution is 9.10. The van der Waals surface area contributed by atoms with Crippen molar-refractivity contribution < 1.29 is 9.66 Å². The third-order valence-electron chi connectivity index (χ3n) is 2.52. The number of nitro benzene ring substituents is 1. The summed E-state index contributed by atoms with van der Waals surface area (Å²) in [6, 6.07) is 4.17. The van der Waals surface area contributed by atoms with E-state index in [1.807, 2.05) is 0 Å². The summed E-state index contributed by atoms with van der Waals surface area (Å²) in [5.74, 6) is 0.0178. The van der Waals surface area contributed by atoms with Crippen LogP contribution in [0.4, 0.5) is 5.69 Å². The summed E-state index contributed by atoms with van der Waals surface area (Å²) in [6.07, 6.45) is 1.45. The zero-order valence-electron chi connectivity index (χ0n) is 10.1. The number of nitro groups is 1. The molecule has 21 heavy (non-hydrogen) atoms. The molecule has 9 heteroatoms. The van der Waals surface area contributed by atoms with Crippen LogP contribution < -0.4 is 4.74 Å². The Morgan fingerprint density at radius 1 is 1.29 bits per heavy atom. The van der Waals surface area contributed by atoms with E-state index in [0.29, 0.717) is 20.1 Å². The summed E-state index contributed by atoms with van der Waals surface area (Å²) in [7, 11) is 0. The topological polar surface area (TPSA) is 65.3 Å². The molecular weight excluding hydrogens is 406 g/mol. The molecule has 0 bridgehead atoms. The molecule has 1 aromatic carbocycles. The van der Waals surface area contributed by atoms with E-state index in [9.17, 15) is 10.1 Å². The Morgan fingerprint density at radius 3 is 2.62 bits per heavy atom. The molecule has 0 aliphatic rings. The Hall–Kier alpha value is -1.08. The lowest BCUT2D eigenvalue weighted by molar-refractivity contribution is -0.386. The normalized spacial score (nSPS) is 10.5. The Morgan fingerprint density at radius 2 is 2.00 bits per heavy atom. The molecule has 2 aromatic rings. The molecule has 0 aliphatic heterocycles. The molecule has 0 atom stereocenters. The van der Waals surface area contributed by atoms with Gasteiger partial charge in [-0.2, -0.15) is 0 Å². The smallest absolute Gasteiger partial charge is 0.312 e. The summed E-state index contributed by atoms with van der Waals surface area (Å²) >= 11 is 20.9. The number of aromatic nitrogens is 1. The highest BCUT2D eigenvalue weighted by atomic mass is 79.9. The molecule has 5 nitrogen and oxygen atoms in total. The minimum Gasteiger partial charge on any atom is -0.482 e. The van der Waals surface area contributed by atoms with Crippen molar-refractivity contribution in [3.63, 3.8) is 0 Å². The van der Waals surface area contributed by atoms with Gasteiger partial charge in [-0.15, -0.1) is 0 Å². The molecule has 0 saturated heterocycles. The van der Waals surface area contributed by atoms with E-state index in [4.69, 9.17) is 39.5 Å². The summed E-state index contributed by atoms with van der Waals surface area (Å²) in [6.45, 7) is -0.0652. The van der Waals surface area contributed by atoms with Gasteiger partial charge in [0.1, 0.15) is 11.8 Å². The molecule has 0 radical (unpaired) electrons. The molecular formula is C12H6BrCl3N2O3. The molecule has 0 spiro atoms. The van der Waals surface area contributed by atoms with Crippen molar-refractivity contribution in [2.45, 2.75) is 6.61 Å². The maximum Gasteiger partial charge on any atom is 0.312 e. The number of nitrogens with zero attached hydrogens (tertiary/aromatic N) is 2. The molecule has 0 aliphatic carbocycles. The quantitative estimate of drug-likeness (QED) is 0.389. The molecule has 1 aromatic heterocycles. The fourth-order valence-corrected chi connectivity index (χ4v) is 2.45. The third-order valence-corrected chi connectivity index (χ3v) is 4.39. The van der Waals surface area contributed by atoms with E-state index in [2.05, 4.69) is 20.9 Å². The molecule has 2 rings (SSSR count). The number of rotatable bonds is 4. The van der Waals surface area contributed by atoms with Gasteiger partial charge in [0.2, 0.25) is 0 Å². The zero-order chi connectivity index (χ0) is 15.6. The van der Waals surface area contributed by atoms with E-state index >= 15 is 0 Å². The van der Waals surface area contributed by atoms with Crippen LogP contribution in [0.3, 0.4) is 0 Å². The second-order valence-electron chi connectivity index (χ2n) is 3.84. The number of benzene rings is 1. The standard InChI is InChI=1S/C12H6BrCl3N2O3/c13-7-3-10(18(19)20)11(4-9(7)15)21-5-6-8(14)1-2-17-12(6)16/h1-4H,5H2. The molecule has 0 fully saturated rings. The first-order valence-electron chi connectivity index (χ1n) is 5.45. The van der Waals surface area contributed by atoms with Gasteiger partial charge in [0.25, 0.3) is 0 Å². The zero-order valence-corrected chi connectivity index (χ0v) is 14.0. The fraction of sp³-hybridized carbons (Fsp3) is 0.0833. The number of hydrogen-bond donors (Lipinski definition) is 0. The van der Waals surface area contributed by atoms with Gasteiger partial charge in [-0.05, 0) is 22.0 Å². The van der Waals surface area contributed by atoms with Gasteiger partial charge in [-0.1, -0.05) is 34.8 Å². The van der Waals surface area contributed by atoms with Crippen LogP contribution in [0.15, 0.2) is 28.9 Å². The Balaban J connectivity index is 2.32. The maximum atomic E-state index is 11.0. The summed E-state index contributed by atoms with van der Waals surface area (Å²) in [5.41, 5.74) is 0.219. The number of halogens is 4. The molecule has 0 N–H and O–H groups in total. The van der Waals surface area contributed by atoms with E-state index in [0.717, 1.165) is 0 Å². The molecule has 0 amide bonds. The van der Waals surface area contributed by atoms with Gasteiger partial charge in [0.05, 0.1) is 15.0 Å². The van der Waals surface area contributed by atoms with Crippen LogP contribution in [-0.2, 0) is 6.61 Å². The van der Waals surface area contributed by atoms with Crippen molar-refractivity contribution in [3.8, 4) is 5.75 Å². The van der Waals surface area contributed by atoms with Gasteiger partial charge < -0.3 is 4.74 Å². The lowest BCUT2D eigenvalue weighted by atomic mass is 10.3. The lowest BCUT2D eigenvalue weighted by Gasteiger charge is -2.10. The van der Waals surface area contributed by atoms with Crippen molar-refractivity contribution in [1.29, 1.82) is 0 Å². The second kappa shape index (κ2) is 6.79. The van der Waals surface area contributed by atoms with Crippen molar-refractivity contribution >= 4 is 56.4 Å². The Labute approximate surface area is 143 Å². The van der Waals surface area contributed by atoms with Gasteiger partial charge in [0, 0.05) is 28.4 Å². The van der Waals surface area contributed by atoms with Crippen LogP contribution >= 0.6 is 50.7 Å². The van der Waals surface area contributed by atoms with E-state index in [1.54, 1.807) is 6.07 Å². The first kappa shape index (κ1) is 16.3. The highest BCUT2D eigenvalue weighted by Gasteiger charge is 2.19. The van der Waals surface area contributed by atoms with E-state index < -0.39 is 4.92 Å². The summed E-state index contributed by atoms with van der Waals surface area (Å²) in [4.78, 5) is 14.3. The van der Waals surface area contributed by atoms with Gasteiger partial charge in [0.15, 0.2) is 5.75 Å². The van der Waals surface area contributed by atoms with Crippen molar-refractivity contribution in [1.82, 2.24) is 4.98 Å². The van der Waals surface area contributed by atoms with Crippen LogP contribution in [0.25, 0.3) is 0 Å². The maximum absolute atomic E-state index is 11.0. The van der Waals surface area contributed by atoms with Gasteiger partial charge in [-0.25, -0.2) is 4.98 Å². The molecule has 0 unspecified atom stereocenters. The van der Waals surface area contributed by atoms with E-state index in [-0.39, 0.29) is 23.2 Å². The van der Waals surface area contributed by atoms with Gasteiger partial charge >= 0.3 is 5.69 Å². The molecule has 0 saturated carbocycles. The SMILES string of the molecule is O=[N+]([O-])c1cc(Br)c(Cl)cc1OCc1c(Cl)ccnc1Cl. The largest absolute Gasteiger partial charge is 0.482 e. The fourth-order valence-electron chi connectivity index (χ4n) is 1.50. The van der Waals surface area contributed by atoms with Crippen LogP contribution in [0, 0.1) is 10.1 Å². The first-order chi connectivity index (χ1) is 9.90. The summed E-state index contributed by atoms with van der Waals surface area (Å²) < 4.78 is 5.83. The van der Waals surface area contributed by atoms with Crippen LogP contribution in [0.5, 0.6) is 5.75 Å². The number of pyridine rings is 1. The average molecular weight is 412 g/mol. The van der Waals surface area contributed by atoms with Gasteiger partial charge in [-0.3, -0.25) is 10.1 Å². The Bertz CT molecular complexity index is 692.